The van der Waals surface area contributed by atoms with Crippen molar-refractivity contribution in [2.45, 2.75) is 12.5 Å². The third kappa shape index (κ3) is 3.76. The van der Waals surface area contributed by atoms with Crippen LogP contribution in [0.5, 0.6) is 11.8 Å². The highest BCUT2D eigenvalue weighted by atomic mass is 16.5. The van der Waals surface area contributed by atoms with Crippen LogP contribution in [0.4, 0.5) is 0 Å². The van der Waals surface area contributed by atoms with Gasteiger partial charge in [0.2, 0.25) is 0 Å². The van der Waals surface area contributed by atoms with Gasteiger partial charge in [0.15, 0.2) is 0 Å². The molecule has 0 aliphatic carbocycles. The molecule has 0 aliphatic heterocycles. The molecule has 1 aromatic carbocycles. The molecule has 1 aromatic heterocycles. The Labute approximate surface area is 116 Å². The first-order valence-corrected chi connectivity index (χ1v) is 6.06. The molecule has 0 amide bonds. The van der Waals surface area contributed by atoms with E-state index >= 15 is 0 Å². The molecule has 0 fully saturated rings. The number of aromatic nitrogens is 2. The van der Waals surface area contributed by atoms with Gasteiger partial charge in [0, 0.05) is 12.4 Å². The van der Waals surface area contributed by atoms with Crippen LogP contribution in [0, 0.1) is 0 Å². The third-order valence-electron chi connectivity index (χ3n) is 2.63. The van der Waals surface area contributed by atoms with Crippen molar-refractivity contribution in [1.29, 1.82) is 0 Å². The maximum Gasteiger partial charge on any atom is 0.322 e. The van der Waals surface area contributed by atoms with Gasteiger partial charge < -0.3 is 15.2 Å². The van der Waals surface area contributed by atoms with Crippen LogP contribution in [0.25, 0.3) is 0 Å². The molecule has 2 aromatic rings. The summed E-state index contributed by atoms with van der Waals surface area (Å²) >= 11 is 0. The van der Waals surface area contributed by atoms with Crippen LogP contribution < -0.4 is 10.5 Å². The first kappa shape index (κ1) is 14.0. The van der Waals surface area contributed by atoms with E-state index in [1.165, 1.54) is 7.11 Å². The molecular formula is C14H15N3O3. The van der Waals surface area contributed by atoms with E-state index < -0.39 is 12.0 Å². The van der Waals surface area contributed by atoms with Crippen molar-refractivity contribution in [3.63, 3.8) is 0 Å². The van der Waals surface area contributed by atoms with Gasteiger partial charge in [-0.2, -0.15) is 0 Å². The van der Waals surface area contributed by atoms with Gasteiger partial charge in [0.05, 0.1) is 7.11 Å². The van der Waals surface area contributed by atoms with E-state index in [4.69, 9.17) is 10.5 Å². The predicted molar refractivity (Wildman–Crippen MR) is 72.2 cm³/mol. The Bertz CT molecular complexity index is 558. The molecule has 0 saturated heterocycles. The Morgan fingerprint density at radius 2 is 1.90 bits per heavy atom. The molecule has 20 heavy (non-hydrogen) atoms. The lowest BCUT2D eigenvalue weighted by Gasteiger charge is -2.09. The molecule has 2 N–H and O–H groups in total. The second-order valence-corrected chi connectivity index (χ2v) is 4.11. The quantitative estimate of drug-likeness (QED) is 0.826. The number of nitrogens with zero attached hydrogens (tertiary/aromatic N) is 2. The van der Waals surface area contributed by atoms with Gasteiger partial charge >= 0.3 is 12.0 Å². The Hall–Kier alpha value is -2.47. The number of ether oxygens (including phenoxy) is 2. The first-order valence-electron chi connectivity index (χ1n) is 6.06. The van der Waals surface area contributed by atoms with Gasteiger partial charge in [-0.3, -0.25) is 4.79 Å². The number of esters is 1. The summed E-state index contributed by atoms with van der Waals surface area (Å²) < 4.78 is 10.0. The molecule has 104 valence electrons. The zero-order valence-electron chi connectivity index (χ0n) is 11.0. The van der Waals surface area contributed by atoms with Crippen molar-refractivity contribution in [1.82, 2.24) is 9.97 Å². The lowest BCUT2D eigenvalue weighted by Crippen LogP contribution is -2.33. The fraction of sp³-hybridized carbons (Fsp3) is 0.214. The lowest BCUT2D eigenvalue weighted by molar-refractivity contribution is -0.142. The van der Waals surface area contributed by atoms with Crippen molar-refractivity contribution in [3.8, 4) is 11.8 Å². The molecule has 2 rings (SSSR count). The molecule has 0 spiro atoms. The Balaban J connectivity index is 1.98. The molecule has 0 aliphatic rings. The average molecular weight is 273 g/mol. The maximum absolute atomic E-state index is 11.2. The van der Waals surface area contributed by atoms with Gasteiger partial charge in [0.1, 0.15) is 11.8 Å². The van der Waals surface area contributed by atoms with E-state index in [0.717, 1.165) is 5.56 Å². The lowest BCUT2D eigenvalue weighted by atomic mass is 10.1. The number of rotatable bonds is 5. The molecular weight excluding hydrogens is 258 g/mol. The number of benzene rings is 1. The summed E-state index contributed by atoms with van der Waals surface area (Å²) in [6, 6.07) is 8.55. The van der Waals surface area contributed by atoms with Crippen LogP contribution in [0.2, 0.25) is 0 Å². The van der Waals surface area contributed by atoms with Gasteiger partial charge in [-0.25, -0.2) is 9.97 Å². The zero-order valence-corrected chi connectivity index (χ0v) is 11.0. The number of methoxy groups -OCH3 is 1. The summed E-state index contributed by atoms with van der Waals surface area (Å²) in [7, 11) is 1.32. The molecule has 1 heterocycles. The SMILES string of the molecule is COC(=O)C(N)Cc1ccc(Oc2ncccn2)cc1. The summed E-state index contributed by atoms with van der Waals surface area (Å²) in [5.41, 5.74) is 6.62. The minimum absolute atomic E-state index is 0.284. The molecule has 1 atom stereocenters. The minimum Gasteiger partial charge on any atom is -0.468 e. The zero-order chi connectivity index (χ0) is 14.4. The fourth-order valence-electron chi connectivity index (χ4n) is 1.63. The Morgan fingerprint density at radius 3 is 2.50 bits per heavy atom. The maximum atomic E-state index is 11.2. The number of carbonyl (C=O) groups excluding carboxylic acids is 1. The number of hydrogen-bond donors (Lipinski definition) is 1. The van der Waals surface area contributed by atoms with Crippen LogP contribution in [0.1, 0.15) is 5.56 Å². The third-order valence-corrected chi connectivity index (χ3v) is 2.63. The molecule has 0 bridgehead atoms. The van der Waals surface area contributed by atoms with Crippen molar-refractivity contribution < 1.29 is 14.3 Å². The normalized spacial score (nSPS) is 11.7. The van der Waals surface area contributed by atoms with E-state index in [-0.39, 0.29) is 6.01 Å². The van der Waals surface area contributed by atoms with Crippen LogP contribution >= 0.6 is 0 Å². The summed E-state index contributed by atoms with van der Waals surface area (Å²) in [5.74, 6) is 0.189. The highest BCUT2D eigenvalue weighted by Crippen LogP contribution is 2.18. The largest absolute Gasteiger partial charge is 0.468 e. The summed E-state index contributed by atoms with van der Waals surface area (Å²) in [6.07, 6.45) is 3.62. The standard InChI is InChI=1S/C14H15N3O3/c1-19-13(18)12(15)9-10-3-5-11(6-4-10)20-14-16-7-2-8-17-14/h2-8,12H,9,15H2,1H3. The van der Waals surface area contributed by atoms with Gasteiger partial charge in [-0.1, -0.05) is 12.1 Å². The summed E-state index contributed by atoms with van der Waals surface area (Å²) in [4.78, 5) is 19.2. The molecule has 0 radical (unpaired) electrons. The van der Waals surface area contributed by atoms with E-state index in [9.17, 15) is 4.79 Å². The average Bonchev–Trinajstić information content (AvgIpc) is 2.49. The number of nitrogens with two attached hydrogens (primary N) is 1. The summed E-state index contributed by atoms with van der Waals surface area (Å²) in [6.45, 7) is 0. The van der Waals surface area contributed by atoms with Gasteiger partial charge in [0.25, 0.3) is 0 Å². The second-order valence-electron chi connectivity index (χ2n) is 4.11. The molecule has 0 saturated carbocycles. The summed E-state index contributed by atoms with van der Waals surface area (Å²) in [5, 5.41) is 0. The monoisotopic (exact) mass is 273 g/mol. The van der Waals surface area contributed by atoms with Crippen LogP contribution in [0.3, 0.4) is 0 Å². The minimum atomic E-state index is -0.663. The van der Waals surface area contributed by atoms with E-state index in [1.807, 2.05) is 12.1 Å². The van der Waals surface area contributed by atoms with Crippen molar-refractivity contribution in [2.24, 2.45) is 5.73 Å². The number of carbonyl (C=O) groups is 1. The van der Waals surface area contributed by atoms with Gasteiger partial charge in [-0.05, 0) is 30.2 Å². The second kappa shape index (κ2) is 6.63. The highest BCUT2D eigenvalue weighted by molar-refractivity contribution is 5.75. The smallest absolute Gasteiger partial charge is 0.322 e. The highest BCUT2D eigenvalue weighted by Gasteiger charge is 2.14. The Kier molecular flexibility index (Phi) is 4.62. The molecule has 1 unspecified atom stereocenters. The van der Waals surface area contributed by atoms with Gasteiger partial charge in [-0.15, -0.1) is 0 Å². The fourth-order valence-corrected chi connectivity index (χ4v) is 1.63. The predicted octanol–water partition coefficient (Wildman–Crippen LogP) is 1.31. The van der Waals surface area contributed by atoms with Crippen molar-refractivity contribution in [3.05, 3.63) is 48.3 Å². The van der Waals surface area contributed by atoms with Crippen molar-refractivity contribution in [2.75, 3.05) is 7.11 Å². The molecule has 6 nitrogen and oxygen atoms in total. The van der Waals surface area contributed by atoms with E-state index in [0.29, 0.717) is 12.2 Å². The molecule has 6 heteroatoms. The van der Waals surface area contributed by atoms with Crippen molar-refractivity contribution >= 4 is 5.97 Å². The number of hydrogen-bond acceptors (Lipinski definition) is 6. The Morgan fingerprint density at radius 1 is 1.25 bits per heavy atom. The van der Waals surface area contributed by atoms with Crippen LogP contribution in [-0.4, -0.2) is 29.1 Å². The van der Waals surface area contributed by atoms with E-state index in [1.54, 1.807) is 30.6 Å². The first-order chi connectivity index (χ1) is 9.69. The van der Waals surface area contributed by atoms with Crippen LogP contribution in [0.15, 0.2) is 42.7 Å². The topological polar surface area (TPSA) is 87.3 Å². The van der Waals surface area contributed by atoms with E-state index in [2.05, 4.69) is 14.7 Å². The van der Waals surface area contributed by atoms with Crippen LogP contribution in [-0.2, 0) is 16.0 Å².